The summed E-state index contributed by atoms with van der Waals surface area (Å²) in [4.78, 5) is 0. The Balaban J connectivity index is 1.09. The molecule has 0 saturated carbocycles. The van der Waals surface area contributed by atoms with Gasteiger partial charge in [0.25, 0.3) is 6.71 Å². The number of benzene rings is 11. The van der Waals surface area contributed by atoms with Crippen LogP contribution in [-0.2, 0) is 10.8 Å². The molecule has 0 saturated heterocycles. The fraction of sp³-hybridized carbons (Fsp3) is 0.108. The zero-order chi connectivity index (χ0) is 52.3. The molecule has 0 aliphatic carbocycles. The smallest absolute Gasteiger partial charge is 0.252 e. The summed E-state index contributed by atoms with van der Waals surface area (Å²) in [6.45, 7) is 13.9. The third kappa shape index (κ3) is 6.41. The third-order valence-electron chi connectivity index (χ3n) is 17.5. The molecule has 16 rings (SSSR count). The van der Waals surface area contributed by atoms with Crippen molar-refractivity contribution in [2.24, 2.45) is 0 Å². The van der Waals surface area contributed by atoms with E-state index in [1.807, 2.05) is 0 Å². The zero-order valence-electron chi connectivity index (χ0n) is 44.9. The van der Waals surface area contributed by atoms with Crippen LogP contribution in [0.3, 0.4) is 0 Å². The minimum atomic E-state index is -0.103. The molecule has 0 radical (unpaired) electrons. The van der Waals surface area contributed by atoms with Gasteiger partial charge >= 0.3 is 0 Å². The van der Waals surface area contributed by atoms with Crippen LogP contribution >= 0.6 is 0 Å². The lowest BCUT2D eigenvalue weighted by atomic mass is 9.34. The molecule has 0 amide bonds. The van der Waals surface area contributed by atoms with Crippen molar-refractivity contribution in [1.82, 2.24) is 13.7 Å². The van der Waals surface area contributed by atoms with Crippen LogP contribution in [0.5, 0.6) is 0 Å². The van der Waals surface area contributed by atoms with Crippen molar-refractivity contribution in [3.63, 3.8) is 0 Å². The zero-order valence-corrected chi connectivity index (χ0v) is 44.9. The van der Waals surface area contributed by atoms with E-state index in [1.54, 1.807) is 0 Å². The lowest BCUT2D eigenvalue weighted by Gasteiger charge is -2.35. The highest BCUT2D eigenvalue weighted by atomic mass is 15.1. The summed E-state index contributed by atoms with van der Waals surface area (Å²) in [6, 6.07) is 87.7. The van der Waals surface area contributed by atoms with Crippen molar-refractivity contribution >= 4 is 88.5 Å². The molecule has 0 N–H and O–H groups in total. The van der Waals surface area contributed by atoms with Gasteiger partial charge in [0, 0.05) is 54.7 Å². The monoisotopic (exact) mass is 997 g/mol. The summed E-state index contributed by atoms with van der Waals surface area (Å²) in [5, 5.41) is 7.60. The Labute approximate surface area is 455 Å². The molecular formula is C74H56BN3. The van der Waals surface area contributed by atoms with E-state index in [-0.39, 0.29) is 17.5 Å². The average Bonchev–Trinajstić information content (AvgIpc) is 2.87. The summed E-state index contributed by atoms with van der Waals surface area (Å²) in [7, 11) is 0. The predicted octanol–water partition coefficient (Wildman–Crippen LogP) is 17.4. The topological polar surface area (TPSA) is 14.8 Å². The fourth-order valence-electron chi connectivity index (χ4n) is 13.8. The number of hydrogen-bond acceptors (Lipinski definition) is 0. The Morgan fingerprint density at radius 3 is 1.09 bits per heavy atom. The molecule has 370 valence electrons. The Hall–Kier alpha value is -9.12. The van der Waals surface area contributed by atoms with Crippen molar-refractivity contribution in [2.75, 3.05) is 0 Å². The van der Waals surface area contributed by atoms with Crippen LogP contribution in [0.2, 0.25) is 0 Å². The second kappa shape index (κ2) is 16.2. The molecule has 0 atom stereocenters. The molecule has 0 unspecified atom stereocenters. The van der Waals surface area contributed by atoms with Crippen molar-refractivity contribution in [3.05, 3.63) is 242 Å². The average molecular weight is 998 g/mol. The molecule has 2 aliphatic heterocycles. The van der Waals surface area contributed by atoms with Gasteiger partial charge in [-0.25, -0.2) is 0 Å². The number of aromatic nitrogens is 3. The SMILES string of the molecule is CC(C)(C)c1ccc2c3ccc(C(C)(C)C)cc3n(-c3cc4c5c(c3)-n3c6ccccc6c6cc(-c7ccccc7-c7ccccc7)cc(c63)B5c3cc(-c5ccccc5-c5ccccc5)cc5c6ccccc6n-4c35)c2c1. The van der Waals surface area contributed by atoms with Gasteiger partial charge in [-0.3, -0.25) is 0 Å². The summed E-state index contributed by atoms with van der Waals surface area (Å²) in [5.74, 6) is 0. The first-order chi connectivity index (χ1) is 38.0. The summed E-state index contributed by atoms with van der Waals surface area (Å²) in [6.07, 6.45) is 0. The Morgan fingerprint density at radius 1 is 0.295 bits per heavy atom. The summed E-state index contributed by atoms with van der Waals surface area (Å²) >= 11 is 0. The highest BCUT2D eigenvalue weighted by Crippen LogP contribution is 2.46. The van der Waals surface area contributed by atoms with E-state index in [9.17, 15) is 0 Å². The number of fused-ring (bicyclic) bond motifs is 13. The normalized spacial score (nSPS) is 13.0. The van der Waals surface area contributed by atoms with E-state index < -0.39 is 0 Å². The highest BCUT2D eigenvalue weighted by molar-refractivity contribution is 7.00. The van der Waals surface area contributed by atoms with Gasteiger partial charge < -0.3 is 13.7 Å². The summed E-state index contributed by atoms with van der Waals surface area (Å²) in [5.41, 5.74) is 27.4. The van der Waals surface area contributed by atoms with Gasteiger partial charge in [-0.15, -0.1) is 0 Å². The third-order valence-corrected chi connectivity index (χ3v) is 17.5. The quantitative estimate of drug-likeness (QED) is 0.153. The van der Waals surface area contributed by atoms with E-state index >= 15 is 0 Å². The maximum Gasteiger partial charge on any atom is 0.252 e. The molecule has 14 aromatic rings. The molecule has 5 heterocycles. The van der Waals surface area contributed by atoms with Gasteiger partial charge in [-0.05, 0) is 131 Å². The largest absolute Gasteiger partial charge is 0.310 e. The molecule has 0 spiro atoms. The van der Waals surface area contributed by atoms with Crippen LogP contribution < -0.4 is 16.4 Å². The van der Waals surface area contributed by atoms with Crippen LogP contribution in [-0.4, -0.2) is 20.4 Å². The lowest BCUT2D eigenvalue weighted by molar-refractivity contribution is 0.591. The molecule has 3 nitrogen and oxygen atoms in total. The van der Waals surface area contributed by atoms with Crippen LogP contribution in [0.4, 0.5) is 0 Å². The van der Waals surface area contributed by atoms with Crippen LogP contribution in [0, 0.1) is 0 Å². The predicted molar refractivity (Wildman–Crippen MR) is 333 cm³/mol. The summed E-state index contributed by atoms with van der Waals surface area (Å²) < 4.78 is 7.89. The maximum absolute atomic E-state index is 2.64. The molecule has 2 aliphatic rings. The van der Waals surface area contributed by atoms with Gasteiger partial charge in [0.2, 0.25) is 0 Å². The van der Waals surface area contributed by atoms with Gasteiger partial charge in [0.1, 0.15) is 0 Å². The first-order valence-electron chi connectivity index (χ1n) is 27.7. The minimum Gasteiger partial charge on any atom is -0.310 e. The van der Waals surface area contributed by atoms with Gasteiger partial charge in [0.05, 0.1) is 27.8 Å². The molecule has 0 fully saturated rings. The van der Waals surface area contributed by atoms with Gasteiger partial charge in [-0.2, -0.15) is 0 Å². The fourth-order valence-corrected chi connectivity index (χ4v) is 13.8. The van der Waals surface area contributed by atoms with E-state index in [4.69, 9.17) is 0 Å². The van der Waals surface area contributed by atoms with Gasteiger partial charge in [-0.1, -0.05) is 224 Å². The van der Waals surface area contributed by atoms with Crippen molar-refractivity contribution < 1.29 is 0 Å². The Morgan fingerprint density at radius 2 is 0.667 bits per heavy atom. The second-order valence-corrected chi connectivity index (χ2v) is 24.1. The minimum absolute atomic E-state index is 0.0409. The van der Waals surface area contributed by atoms with Gasteiger partial charge in [0.15, 0.2) is 0 Å². The number of para-hydroxylation sites is 2. The van der Waals surface area contributed by atoms with E-state index in [2.05, 4.69) is 286 Å². The van der Waals surface area contributed by atoms with Crippen LogP contribution in [0.15, 0.2) is 231 Å². The lowest BCUT2D eigenvalue weighted by Crippen LogP contribution is -2.59. The van der Waals surface area contributed by atoms with Crippen molar-refractivity contribution in [2.45, 2.75) is 52.4 Å². The van der Waals surface area contributed by atoms with Crippen LogP contribution in [0.25, 0.3) is 127 Å². The first-order valence-corrected chi connectivity index (χ1v) is 27.7. The van der Waals surface area contributed by atoms with E-state index in [0.29, 0.717) is 0 Å². The van der Waals surface area contributed by atoms with Crippen LogP contribution in [0.1, 0.15) is 52.7 Å². The standard InChI is InChI=1S/C74H56BN3/c1-73(2,3)49-33-35-58-59-36-34-50(74(4,5)6)42-67(59)76(66(58)41-49)51-43-68-70-69(44-51)78-65-32-20-18-30-57(65)61-38-48(55-28-16-14-26-53(55)46-23-11-8-12-24-46)40-63(72(61)78)75(70)62-39-47(37-60-56-29-17-19-31-64(56)77(68)71(60)62)54-27-15-13-25-52(54)45-21-9-7-10-22-45/h7-44H,1-6H3. The van der Waals surface area contributed by atoms with Crippen molar-refractivity contribution in [1.29, 1.82) is 0 Å². The van der Waals surface area contributed by atoms with E-state index in [0.717, 1.165) is 5.69 Å². The molecule has 4 heteroatoms. The van der Waals surface area contributed by atoms with Crippen molar-refractivity contribution in [3.8, 4) is 61.6 Å². The van der Waals surface area contributed by atoms with E-state index in [1.165, 1.54) is 149 Å². The molecule has 3 aromatic heterocycles. The number of hydrogen-bond donors (Lipinski definition) is 0. The molecule has 78 heavy (non-hydrogen) atoms. The molecule has 11 aromatic carbocycles. The second-order valence-electron chi connectivity index (χ2n) is 24.1. The number of nitrogens with zero attached hydrogens (tertiary/aromatic N) is 3. The first kappa shape index (κ1) is 45.1. The molecular weight excluding hydrogens is 942 g/mol. The number of rotatable bonds is 5. The molecule has 0 bridgehead atoms. The highest BCUT2D eigenvalue weighted by Gasteiger charge is 2.42. The maximum atomic E-state index is 2.64. The Kier molecular flexibility index (Phi) is 9.37. The Bertz CT molecular complexity index is 4560.